The molecule has 10 nitrogen and oxygen atoms in total. The smallest absolute Gasteiger partial charge is 0.300 e. The molecule has 4 rings (SSSR count). The van der Waals surface area contributed by atoms with E-state index in [-0.39, 0.29) is 18.2 Å². The SMILES string of the molecule is CC(=O)O.NCc1ccnc(CNC(=O)C2CC(=O)N(c3nnc(Cc4ccccc4)s3)C2)c1. The van der Waals surface area contributed by atoms with Crippen LogP contribution in [0.15, 0.2) is 48.7 Å². The van der Waals surface area contributed by atoms with Crippen LogP contribution in [-0.2, 0) is 33.9 Å². The highest BCUT2D eigenvalue weighted by atomic mass is 32.1. The molecule has 2 amide bonds. The highest BCUT2D eigenvalue weighted by Crippen LogP contribution is 2.29. The van der Waals surface area contributed by atoms with Gasteiger partial charge in [0.25, 0.3) is 5.97 Å². The van der Waals surface area contributed by atoms with Crippen LogP contribution in [-0.4, -0.2) is 44.6 Å². The first-order chi connectivity index (χ1) is 16.4. The van der Waals surface area contributed by atoms with Crippen LogP contribution in [0.1, 0.15) is 35.2 Å². The largest absolute Gasteiger partial charge is 0.481 e. The minimum Gasteiger partial charge on any atom is -0.481 e. The van der Waals surface area contributed by atoms with Crippen molar-refractivity contribution in [2.75, 3.05) is 11.4 Å². The summed E-state index contributed by atoms with van der Waals surface area (Å²) < 4.78 is 0. The quantitative estimate of drug-likeness (QED) is 0.461. The lowest BCUT2D eigenvalue weighted by Gasteiger charge is -2.12. The lowest BCUT2D eigenvalue weighted by atomic mass is 10.1. The predicted octanol–water partition coefficient (Wildman–Crippen LogP) is 1.74. The van der Waals surface area contributed by atoms with Crippen LogP contribution in [0.25, 0.3) is 0 Å². The Labute approximate surface area is 200 Å². The van der Waals surface area contributed by atoms with Crippen LogP contribution in [0.5, 0.6) is 0 Å². The second kappa shape index (κ2) is 12.0. The van der Waals surface area contributed by atoms with Crippen LogP contribution < -0.4 is 16.0 Å². The summed E-state index contributed by atoms with van der Waals surface area (Å²) in [4.78, 5) is 39.8. The maximum atomic E-state index is 12.6. The first-order valence-corrected chi connectivity index (χ1v) is 11.4. The number of hydrogen-bond donors (Lipinski definition) is 3. The highest BCUT2D eigenvalue weighted by molar-refractivity contribution is 7.15. The van der Waals surface area contributed by atoms with Gasteiger partial charge < -0.3 is 16.2 Å². The van der Waals surface area contributed by atoms with Gasteiger partial charge >= 0.3 is 0 Å². The lowest BCUT2D eigenvalue weighted by Crippen LogP contribution is -2.32. The average Bonchev–Trinajstić information content (AvgIpc) is 3.44. The number of carboxylic acids is 1. The molecule has 4 N–H and O–H groups in total. The van der Waals surface area contributed by atoms with Crippen molar-refractivity contribution in [2.45, 2.75) is 32.9 Å². The summed E-state index contributed by atoms with van der Waals surface area (Å²) in [7, 11) is 0. The Morgan fingerprint density at radius 3 is 2.65 bits per heavy atom. The van der Waals surface area contributed by atoms with Crippen LogP contribution in [0, 0.1) is 5.92 Å². The van der Waals surface area contributed by atoms with Crippen LogP contribution in [0.3, 0.4) is 0 Å². The lowest BCUT2D eigenvalue weighted by molar-refractivity contribution is -0.134. The van der Waals surface area contributed by atoms with E-state index in [0.717, 1.165) is 28.8 Å². The number of aromatic nitrogens is 3. The van der Waals surface area contributed by atoms with E-state index in [1.165, 1.54) is 11.3 Å². The van der Waals surface area contributed by atoms with Gasteiger partial charge in [0.1, 0.15) is 5.01 Å². The zero-order chi connectivity index (χ0) is 24.5. The molecule has 1 fully saturated rings. The van der Waals surface area contributed by atoms with Crippen molar-refractivity contribution in [1.82, 2.24) is 20.5 Å². The van der Waals surface area contributed by atoms with Gasteiger partial charge in [0.05, 0.1) is 18.2 Å². The second-order valence-corrected chi connectivity index (χ2v) is 8.68. The number of rotatable bonds is 7. The summed E-state index contributed by atoms with van der Waals surface area (Å²) in [6.45, 7) is 2.11. The average molecular weight is 483 g/mol. The topological polar surface area (TPSA) is 151 Å². The molecule has 3 aromatic rings. The summed E-state index contributed by atoms with van der Waals surface area (Å²) in [5, 5.41) is 20.0. The molecule has 1 saturated heterocycles. The fourth-order valence-electron chi connectivity index (χ4n) is 3.34. The molecule has 0 aliphatic carbocycles. The van der Waals surface area contributed by atoms with Crippen LogP contribution in [0.2, 0.25) is 0 Å². The molecule has 3 heterocycles. The molecule has 2 aromatic heterocycles. The van der Waals surface area contributed by atoms with E-state index in [4.69, 9.17) is 15.6 Å². The number of nitrogens with zero attached hydrogens (tertiary/aromatic N) is 4. The molecule has 0 bridgehead atoms. The van der Waals surface area contributed by atoms with Crippen LogP contribution in [0.4, 0.5) is 5.13 Å². The third kappa shape index (κ3) is 7.15. The number of amides is 2. The summed E-state index contributed by atoms with van der Waals surface area (Å²) >= 11 is 1.39. The van der Waals surface area contributed by atoms with Crippen molar-refractivity contribution in [3.05, 3.63) is 70.5 Å². The minimum atomic E-state index is -0.833. The van der Waals surface area contributed by atoms with E-state index in [2.05, 4.69) is 20.5 Å². The first-order valence-electron chi connectivity index (χ1n) is 10.6. The van der Waals surface area contributed by atoms with E-state index >= 15 is 0 Å². The molecule has 1 atom stereocenters. The summed E-state index contributed by atoms with van der Waals surface area (Å²) in [6, 6.07) is 13.7. The Hall–Kier alpha value is -3.70. The third-order valence-electron chi connectivity index (χ3n) is 4.94. The van der Waals surface area contributed by atoms with Gasteiger partial charge in [-0.25, -0.2) is 0 Å². The molecule has 0 saturated carbocycles. The fourth-order valence-corrected chi connectivity index (χ4v) is 4.24. The zero-order valence-electron chi connectivity index (χ0n) is 18.7. The van der Waals surface area contributed by atoms with Gasteiger partial charge in [-0.1, -0.05) is 41.7 Å². The van der Waals surface area contributed by atoms with Crippen LogP contribution >= 0.6 is 11.3 Å². The number of pyridine rings is 1. The number of carboxylic acid groups (broad SMARTS) is 1. The normalized spacial score (nSPS) is 14.9. The fraction of sp³-hybridized carbons (Fsp3) is 0.304. The monoisotopic (exact) mass is 482 g/mol. The molecule has 178 valence electrons. The van der Waals surface area contributed by atoms with Crippen molar-refractivity contribution >= 4 is 34.3 Å². The van der Waals surface area contributed by atoms with E-state index in [1.54, 1.807) is 11.1 Å². The van der Waals surface area contributed by atoms with Gasteiger partial charge in [-0.3, -0.25) is 24.3 Å². The number of benzene rings is 1. The summed E-state index contributed by atoms with van der Waals surface area (Å²) in [6.07, 6.45) is 2.50. The molecule has 0 spiro atoms. The Kier molecular flexibility index (Phi) is 8.77. The Bertz CT molecular complexity index is 1130. The summed E-state index contributed by atoms with van der Waals surface area (Å²) in [5.41, 5.74) is 8.47. The van der Waals surface area contributed by atoms with Gasteiger partial charge in [0.2, 0.25) is 16.9 Å². The number of aliphatic carboxylic acids is 1. The molecular formula is C23H26N6O4S. The van der Waals surface area contributed by atoms with Gasteiger partial charge in [0.15, 0.2) is 0 Å². The Balaban J connectivity index is 0.000000751. The molecule has 1 aromatic carbocycles. The van der Waals surface area contributed by atoms with Gasteiger partial charge in [-0.2, -0.15) is 0 Å². The Morgan fingerprint density at radius 1 is 1.21 bits per heavy atom. The maximum absolute atomic E-state index is 12.6. The van der Waals surface area contributed by atoms with Crippen molar-refractivity contribution in [3.63, 3.8) is 0 Å². The van der Waals surface area contributed by atoms with Crippen molar-refractivity contribution in [2.24, 2.45) is 11.7 Å². The van der Waals surface area contributed by atoms with Crippen molar-refractivity contribution in [3.8, 4) is 0 Å². The Morgan fingerprint density at radius 2 is 1.94 bits per heavy atom. The minimum absolute atomic E-state index is 0.110. The molecule has 1 aliphatic rings. The van der Waals surface area contributed by atoms with Crippen molar-refractivity contribution in [1.29, 1.82) is 0 Å². The molecule has 0 radical (unpaired) electrons. The number of hydrogen-bond acceptors (Lipinski definition) is 8. The third-order valence-corrected chi connectivity index (χ3v) is 5.89. The zero-order valence-corrected chi connectivity index (χ0v) is 19.5. The van der Waals surface area contributed by atoms with Gasteiger partial charge in [0, 0.05) is 39.1 Å². The molecule has 11 heteroatoms. The predicted molar refractivity (Wildman–Crippen MR) is 127 cm³/mol. The highest BCUT2D eigenvalue weighted by Gasteiger charge is 2.36. The number of nitrogens with one attached hydrogen (secondary N) is 1. The van der Waals surface area contributed by atoms with Crippen molar-refractivity contribution < 1.29 is 19.5 Å². The first kappa shape index (κ1) is 24.9. The van der Waals surface area contributed by atoms with Gasteiger partial charge in [-0.15, -0.1) is 10.2 Å². The van der Waals surface area contributed by atoms with E-state index in [1.807, 2.05) is 42.5 Å². The molecule has 34 heavy (non-hydrogen) atoms. The van der Waals surface area contributed by atoms with E-state index < -0.39 is 11.9 Å². The summed E-state index contributed by atoms with van der Waals surface area (Å²) in [5.74, 6) is -1.53. The van der Waals surface area contributed by atoms with Gasteiger partial charge in [-0.05, 0) is 23.3 Å². The molecular weight excluding hydrogens is 456 g/mol. The standard InChI is InChI=1S/C21H22N6O2S.C2H4O2/c22-11-15-6-7-23-17(8-15)12-24-20(29)16-10-19(28)27(13-16)21-26-25-18(30-21)9-14-4-2-1-3-5-14;1-2(3)4/h1-8,16H,9-13,22H2,(H,24,29);1H3,(H,3,4). The number of carbonyl (C=O) groups excluding carboxylic acids is 2. The number of anilines is 1. The number of nitrogens with two attached hydrogens (primary N) is 1. The molecule has 1 aliphatic heterocycles. The maximum Gasteiger partial charge on any atom is 0.300 e. The second-order valence-electron chi connectivity index (χ2n) is 7.64. The van der Waals surface area contributed by atoms with E-state index in [9.17, 15) is 9.59 Å². The van der Waals surface area contributed by atoms with E-state index in [0.29, 0.717) is 31.2 Å². The molecule has 1 unspecified atom stereocenters. The number of carbonyl (C=O) groups is 3.